The largest absolute Gasteiger partial charge is 0.449 e. The third kappa shape index (κ3) is 2.43. The SMILES string of the molecule is CCc1ccc2oc(Br)c(CC(=O)N(C)C)c2c1. The zero-order valence-corrected chi connectivity index (χ0v) is 12.4. The molecule has 2 aromatic rings. The fourth-order valence-corrected chi connectivity index (χ4v) is 2.39. The standard InChI is InChI=1S/C14H16BrNO2/c1-4-9-5-6-12-10(7-9)11(14(15)18-12)8-13(17)16(2)3/h5-7H,4,8H2,1-3H3. The van der Waals surface area contributed by atoms with E-state index in [9.17, 15) is 4.79 Å². The number of benzene rings is 1. The molecule has 0 saturated carbocycles. The van der Waals surface area contributed by atoms with Gasteiger partial charge in [-0.1, -0.05) is 13.0 Å². The number of carbonyl (C=O) groups is 1. The van der Waals surface area contributed by atoms with Crippen molar-refractivity contribution >= 4 is 32.8 Å². The van der Waals surface area contributed by atoms with Crippen LogP contribution in [0.5, 0.6) is 0 Å². The molecular formula is C14H16BrNO2. The summed E-state index contributed by atoms with van der Waals surface area (Å²) in [7, 11) is 3.52. The van der Waals surface area contributed by atoms with Crippen LogP contribution < -0.4 is 0 Å². The normalized spacial score (nSPS) is 10.9. The minimum atomic E-state index is 0.0697. The highest BCUT2D eigenvalue weighted by molar-refractivity contribution is 9.10. The highest BCUT2D eigenvalue weighted by atomic mass is 79.9. The molecule has 0 N–H and O–H groups in total. The maximum atomic E-state index is 11.8. The van der Waals surface area contributed by atoms with Gasteiger partial charge in [0.2, 0.25) is 5.91 Å². The predicted molar refractivity (Wildman–Crippen MR) is 75.7 cm³/mol. The Kier molecular flexibility index (Phi) is 3.76. The molecule has 0 aliphatic rings. The third-order valence-corrected chi connectivity index (χ3v) is 3.68. The maximum absolute atomic E-state index is 11.8. The Morgan fingerprint density at radius 3 is 2.72 bits per heavy atom. The fraction of sp³-hybridized carbons (Fsp3) is 0.357. The molecule has 0 aliphatic heterocycles. The van der Waals surface area contributed by atoms with E-state index in [-0.39, 0.29) is 5.91 Å². The lowest BCUT2D eigenvalue weighted by atomic mass is 10.1. The Morgan fingerprint density at radius 1 is 1.39 bits per heavy atom. The Morgan fingerprint density at radius 2 is 2.11 bits per heavy atom. The predicted octanol–water partition coefficient (Wildman–Crippen LogP) is 3.39. The number of hydrogen-bond acceptors (Lipinski definition) is 2. The van der Waals surface area contributed by atoms with E-state index in [1.807, 2.05) is 6.07 Å². The van der Waals surface area contributed by atoms with Crippen molar-refractivity contribution in [3.63, 3.8) is 0 Å². The van der Waals surface area contributed by atoms with Crippen molar-refractivity contribution < 1.29 is 9.21 Å². The number of halogens is 1. The second-order valence-corrected chi connectivity index (χ2v) is 5.22. The van der Waals surface area contributed by atoms with E-state index in [1.54, 1.807) is 19.0 Å². The summed E-state index contributed by atoms with van der Waals surface area (Å²) in [6.45, 7) is 2.11. The van der Waals surface area contributed by atoms with Crippen LogP contribution in [-0.2, 0) is 17.6 Å². The Balaban J connectivity index is 2.48. The van der Waals surface area contributed by atoms with E-state index in [0.29, 0.717) is 11.1 Å². The van der Waals surface area contributed by atoms with Gasteiger partial charge in [0.1, 0.15) is 5.58 Å². The molecule has 4 heteroatoms. The van der Waals surface area contributed by atoms with E-state index in [4.69, 9.17) is 4.42 Å². The van der Waals surface area contributed by atoms with Crippen LogP contribution in [0.2, 0.25) is 0 Å². The van der Waals surface area contributed by atoms with Gasteiger partial charge in [-0.05, 0) is 40.0 Å². The minimum Gasteiger partial charge on any atom is -0.449 e. The topological polar surface area (TPSA) is 33.5 Å². The average molecular weight is 310 g/mol. The monoisotopic (exact) mass is 309 g/mol. The van der Waals surface area contributed by atoms with Gasteiger partial charge in [0.05, 0.1) is 6.42 Å². The van der Waals surface area contributed by atoms with E-state index in [0.717, 1.165) is 23.0 Å². The van der Waals surface area contributed by atoms with Crippen molar-refractivity contribution in [2.24, 2.45) is 0 Å². The van der Waals surface area contributed by atoms with E-state index in [1.165, 1.54) is 5.56 Å². The molecule has 1 amide bonds. The van der Waals surface area contributed by atoms with Gasteiger partial charge in [-0.25, -0.2) is 0 Å². The van der Waals surface area contributed by atoms with Crippen molar-refractivity contribution in [1.82, 2.24) is 4.90 Å². The minimum absolute atomic E-state index is 0.0697. The van der Waals surface area contributed by atoms with Gasteiger partial charge in [0, 0.05) is 25.0 Å². The molecule has 18 heavy (non-hydrogen) atoms. The van der Waals surface area contributed by atoms with Crippen LogP contribution in [0, 0.1) is 0 Å². The lowest BCUT2D eigenvalue weighted by Crippen LogP contribution is -2.23. The smallest absolute Gasteiger partial charge is 0.226 e. The quantitative estimate of drug-likeness (QED) is 0.871. The number of likely N-dealkylation sites (N-methyl/N-ethyl adjacent to an activating group) is 1. The second-order valence-electron chi connectivity index (χ2n) is 4.50. The molecule has 0 saturated heterocycles. The van der Waals surface area contributed by atoms with Crippen molar-refractivity contribution in [2.75, 3.05) is 14.1 Å². The molecule has 96 valence electrons. The van der Waals surface area contributed by atoms with Crippen molar-refractivity contribution in [2.45, 2.75) is 19.8 Å². The number of carbonyl (C=O) groups excluding carboxylic acids is 1. The number of rotatable bonds is 3. The fourth-order valence-electron chi connectivity index (χ4n) is 1.86. The highest BCUT2D eigenvalue weighted by Gasteiger charge is 2.16. The summed E-state index contributed by atoms with van der Waals surface area (Å²) < 4.78 is 6.28. The van der Waals surface area contributed by atoms with Crippen LogP contribution in [0.25, 0.3) is 11.0 Å². The summed E-state index contributed by atoms with van der Waals surface area (Å²) in [4.78, 5) is 13.4. The van der Waals surface area contributed by atoms with Crippen LogP contribution >= 0.6 is 15.9 Å². The van der Waals surface area contributed by atoms with E-state index < -0.39 is 0 Å². The summed E-state index contributed by atoms with van der Waals surface area (Å²) in [6, 6.07) is 6.11. The van der Waals surface area contributed by atoms with Gasteiger partial charge in [-0.15, -0.1) is 0 Å². The van der Waals surface area contributed by atoms with Crippen molar-refractivity contribution in [3.8, 4) is 0 Å². The van der Waals surface area contributed by atoms with Crippen LogP contribution in [-0.4, -0.2) is 24.9 Å². The van der Waals surface area contributed by atoms with Gasteiger partial charge in [-0.3, -0.25) is 4.79 Å². The lowest BCUT2D eigenvalue weighted by Gasteiger charge is -2.09. The number of hydrogen-bond donors (Lipinski definition) is 0. The lowest BCUT2D eigenvalue weighted by molar-refractivity contribution is -0.127. The van der Waals surface area contributed by atoms with Crippen LogP contribution in [0.1, 0.15) is 18.1 Å². The van der Waals surface area contributed by atoms with E-state index in [2.05, 4.69) is 35.0 Å². The number of nitrogens with zero attached hydrogens (tertiary/aromatic N) is 1. The maximum Gasteiger partial charge on any atom is 0.226 e. The summed E-state index contributed by atoms with van der Waals surface area (Å²) in [5.74, 6) is 0.0697. The number of amides is 1. The van der Waals surface area contributed by atoms with Gasteiger partial charge >= 0.3 is 0 Å². The average Bonchev–Trinajstić information content (AvgIpc) is 2.65. The van der Waals surface area contributed by atoms with Gasteiger partial charge in [0.15, 0.2) is 4.67 Å². The molecule has 1 aromatic carbocycles. The molecule has 0 unspecified atom stereocenters. The first-order valence-corrected chi connectivity index (χ1v) is 6.72. The van der Waals surface area contributed by atoms with E-state index >= 15 is 0 Å². The first kappa shape index (κ1) is 13.1. The van der Waals surface area contributed by atoms with Gasteiger partial charge < -0.3 is 9.32 Å². The van der Waals surface area contributed by atoms with Crippen molar-refractivity contribution in [3.05, 3.63) is 34.0 Å². The first-order valence-electron chi connectivity index (χ1n) is 5.93. The molecular weight excluding hydrogens is 294 g/mol. The van der Waals surface area contributed by atoms with Gasteiger partial charge in [0.25, 0.3) is 0 Å². The zero-order chi connectivity index (χ0) is 13.3. The molecule has 0 bridgehead atoms. The molecule has 0 atom stereocenters. The number of furan rings is 1. The zero-order valence-electron chi connectivity index (χ0n) is 10.8. The molecule has 0 radical (unpaired) electrons. The molecule has 2 rings (SSSR count). The van der Waals surface area contributed by atoms with Crippen molar-refractivity contribution in [1.29, 1.82) is 0 Å². The second kappa shape index (κ2) is 5.14. The molecule has 0 aliphatic carbocycles. The Bertz CT molecular complexity index is 587. The highest BCUT2D eigenvalue weighted by Crippen LogP contribution is 2.31. The molecule has 3 nitrogen and oxygen atoms in total. The molecule has 1 heterocycles. The summed E-state index contributed by atoms with van der Waals surface area (Å²) >= 11 is 3.40. The van der Waals surface area contributed by atoms with Gasteiger partial charge in [-0.2, -0.15) is 0 Å². The number of fused-ring (bicyclic) bond motifs is 1. The van der Waals surface area contributed by atoms with Crippen LogP contribution in [0.3, 0.4) is 0 Å². The van der Waals surface area contributed by atoms with Crippen LogP contribution in [0.4, 0.5) is 0 Å². The summed E-state index contributed by atoms with van der Waals surface area (Å²) in [5.41, 5.74) is 2.99. The first-order chi connectivity index (χ1) is 8.52. The van der Waals surface area contributed by atoms with Crippen LogP contribution in [0.15, 0.2) is 27.3 Å². The Hall–Kier alpha value is -1.29. The molecule has 0 fully saturated rings. The third-order valence-electron chi connectivity index (χ3n) is 3.04. The number of aryl methyl sites for hydroxylation is 1. The molecule has 1 aromatic heterocycles. The molecule has 0 spiro atoms. The Labute approximate surface area is 115 Å². The summed E-state index contributed by atoms with van der Waals surface area (Å²) in [6.07, 6.45) is 1.33. The summed E-state index contributed by atoms with van der Waals surface area (Å²) in [5, 5.41) is 1.02.